The van der Waals surface area contributed by atoms with E-state index in [1.54, 1.807) is 0 Å². The van der Waals surface area contributed by atoms with Gasteiger partial charge in [-0.3, -0.25) is 9.89 Å². The van der Waals surface area contributed by atoms with Crippen molar-refractivity contribution in [2.24, 2.45) is 4.99 Å². The quantitative estimate of drug-likeness (QED) is 0.789. The smallest absolute Gasteiger partial charge is 0.0646 e. The second kappa shape index (κ2) is 8.07. The van der Waals surface area contributed by atoms with Gasteiger partial charge in [0.15, 0.2) is 0 Å². The Hall–Kier alpha value is -2.10. The summed E-state index contributed by atoms with van der Waals surface area (Å²) in [6.45, 7) is 4.23. The highest BCUT2D eigenvalue weighted by Gasteiger charge is 2.12. The van der Waals surface area contributed by atoms with Gasteiger partial charge in [-0.15, -0.1) is 0 Å². The van der Waals surface area contributed by atoms with Gasteiger partial charge in [-0.25, -0.2) is 0 Å². The molecular formula is C22H24ClN3. The first-order valence-electron chi connectivity index (χ1n) is 9.34. The van der Waals surface area contributed by atoms with E-state index >= 15 is 0 Å². The minimum atomic E-state index is 0.717. The number of piperidine rings is 1. The number of rotatable bonds is 4. The number of fused-ring (bicyclic) bond motifs is 1. The second-order valence-corrected chi connectivity index (χ2v) is 7.49. The fourth-order valence-electron chi connectivity index (χ4n) is 3.63. The Balaban J connectivity index is 1.43. The van der Waals surface area contributed by atoms with Crippen LogP contribution in [-0.2, 0) is 13.1 Å². The van der Waals surface area contributed by atoms with Gasteiger partial charge in [0.1, 0.15) is 0 Å². The summed E-state index contributed by atoms with van der Waals surface area (Å²) < 4.78 is 0. The van der Waals surface area contributed by atoms with Gasteiger partial charge in [0.25, 0.3) is 0 Å². The number of nitrogens with one attached hydrogen (secondary N) is 1. The molecule has 3 nitrogen and oxygen atoms in total. The number of aliphatic imine (C=N–C) groups is 1. The van der Waals surface area contributed by atoms with Crippen LogP contribution in [0.25, 0.3) is 5.57 Å². The Morgan fingerprint density at radius 2 is 1.85 bits per heavy atom. The van der Waals surface area contributed by atoms with Gasteiger partial charge < -0.3 is 5.32 Å². The largest absolute Gasteiger partial charge is 0.361 e. The summed E-state index contributed by atoms with van der Waals surface area (Å²) in [5.74, 6) is 0. The maximum absolute atomic E-state index is 6.16. The highest BCUT2D eigenvalue weighted by molar-refractivity contribution is 6.31. The van der Waals surface area contributed by atoms with E-state index in [4.69, 9.17) is 11.6 Å². The summed E-state index contributed by atoms with van der Waals surface area (Å²) in [6.07, 6.45) is 7.97. The molecule has 2 aromatic rings. The zero-order valence-electron chi connectivity index (χ0n) is 14.9. The molecule has 0 radical (unpaired) electrons. The summed E-state index contributed by atoms with van der Waals surface area (Å²) in [5, 5.41) is 4.15. The van der Waals surface area contributed by atoms with Crippen LogP contribution in [0.2, 0.25) is 5.02 Å². The molecule has 1 N–H and O–H groups in total. The number of allylic oxidation sites excluding steroid dienone is 1. The van der Waals surface area contributed by atoms with E-state index < -0.39 is 0 Å². The predicted octanol–water partition coefficient (Wildman–Crippen LogP) is 5.36. The van der Waals surface area contributed by atoms with E-state index in [1.807, 2.05) is 24.5 Å². The molecule has 134 valence electrons. The van der Waals surface area contributed by atoms with Crippen LogP contribution in [-0.4, -0.2) is 24.2 Å². The van der Waals surface area contributed by atoms with Crippen LogP contribution in [0.3, 0.4) is 0 Å². The Morgan fingerprint density at radius 3 is 2.65 bits per heavy atom. The zero-order chi connectivity index (χ0) is 17.8. The van der Waals surface area contributed by atoms with Crippen molar-refractivity contribution in [2.45, 2.75) is 32.4 Å². The molecule has 2 aromatic carbocycles. The number of halogens is 1. The number of nitrogens with zero attached hydrogens (tertiary/aromatic N) is 2. The number of hydrogen-bond donors (Lipinski definition) is 1. The normalized spacial score (nSPS) is 18.7. The molecule has 1 saturated heterocycles. The predicted molar refractivity (Wildman–Crippen MR) is 111 cm³/mol. The fourth-order valence-corrected chi connectivity index (χ4v) is 3.80. The average molecular weight is 366 g/mol. The molecule has 0 atom stereocenters. The second-order valence-electron chi connectivity index (χ2n) is 7.05. The van der Waals surface area contributed by atoms with Crippen molar-refractivity contribution in [2.75, 3.05) is 18.4 Å². The van der Waals surface area contributed by atoms with Crippen molar-refractivity contribution in [3.05, 3.63) is 70.4 Å². The summed E-state index contributed by atoms with van der Waals surface area (Å²) in [5.41, 5.74) is 5.89. The third-order valence-electron chi connectivity index (χ3n) is 5.08. The van der Waals surface area contributed by atoms with Gasteiger partial charge in [0.2, 0.25) is 0 Å². The van der Waals surface area contributed by atoms with E-state index in [-0.39, 0.29) is 0 Å². The van der Waals surface area contributed by atoms with E-state index in [0.29, 0.717) is 0 Å². The molecule has 4 heteroatoms. The SMILES string of the molecule is Clc1ccc2c(c1)/C(=C/Nc1ccc(CN3CCCCC3)cc1)C=NC2. The first kappa shape index (κ1) is 17.3. The average Bonchev–Trinajstić information content (AvgIpc) is 2.68. The summed E-state index contributed by atoms with van der Waals surface area (Å²) in [6, 6.07) is 14.7. The molecule has 2 aliphatic heterocycles. The number of likely N-dealkylation sites (tertiary alicyclic amines) is 1. The molecule has 0 spiro atoms. The number of hydrogen-bond acceptors (Lipinski definition) is 3. The third-order valence-corrected chi connectivity index (χ3v) is 5.31. The summed E-state index contributed by atoms with van der Waals surface area (Å²) >= 11 is 6.16. The standard InChI is InChI=1S/C22H24ClN3/c23-20-7-6-18-13-24-14-19(22(18)12-20)15-25-21-8-4-17(5-9-21)16-26-10-2-1-3-11-26/h4-9,12,14-15,25H,1-3,10-11,13,16H2/b19-15+. The molecular weight excluding hydrogens is 342 g/mol. The Morgan fingerprint density at radius 1 is 1.04 bits per heavy atom. The Kier molecular flexibility index (Phi) is 5.37. The molecule has 0 aliphatic carbocycles. The van der Waals surface area contributed by atoms with Crippen molar-refractivity contribution >= 4 is 29.1 Å². The van der Waals surface area contributed by atoms with Crippen molar-refractivity contribution < 1.29 is 0 Å². The lowest BCUT2D eigenvalue weighted by atomic mass is 9.99. The molecule has 4 rings (SSSR count). The maximum atomic E-state index is 6.16. The fraction of sp³-hybridized carbons (Fsp3) is 0.318. The van der Waals surface area contributed by atoms with E-state index in [9.17, 15) is 0 Å². The molecule has 0 aromatic heterocycles. The minimum absolute atomic E-state index is 0.717. The molecule has 1 fully saturated rings. The molecule has 0 bridgehead atoms. The topological polar surface area (TPSA) is 27.6 Å². The lowest BCUT2D eigenvalue weighted by molar-refractivity contribution is 0.221. The van der Waals surface area contributed by atoms with E-state index in [1.165, 1.54) is 43.5 Å². The van der Waals surface area contributed by atoms with Gasteiger partial charge in [-0.05, 0) is 66.9 Å². The van der Waals surface area contributed by atoms with Crippen LogP contribution in [0.4, 0.5) is 5.69 Å². The number of anilines is 1. The lowest BCUT2D eigenvalue weighted by Gasteiger charge is -2.26. The van der Waals surface area contributed by atoms with Crippen LogP contribution in [0.15, 0.2) is 53.7 Å². The monoisotopic (exact) mass is 365 g/mol. The highest BCUT2D eigenvalue weighted by atomic mass is 35.5. The van der Waals surface area contributed by atoms with Crippen LogP contribution in [0.1, 0.15) is 36.0 Å². The summed E-state index contributed by atoms with van der Waals surface area (Å²) in [4.78, 5) is 6.99. The van der Waals surface area contributed by atoms with Crippen molar-refractivity contribution in [1.82, 2.24) is 4.90 Å². The first-order chi connectivity index (χ1) is 12.8. The molecule has 2 aliphatic rings. The maximum Gasteiger partial charge on any atom is 0.0646 e. The van der Waals surface area contributed by atoms with Crippen molar-refractivity contribution in [3.8, 4) is 0 Å². The minimum Gasteiger partial charge on any atom is -0.361 e. The molecule has 2 heterocycles. The Labute approximate surface area is 160 Å². The highest BCUT2D eigenvalue weighted by Crippen LogP contribution is 2.26. The Bertz CT molecular complexity index is 818. The van der Waals surface area contributed by atoms with Gasteiger partial charge in [0, 0.05) is 35.2 Å². The summed E-state index contributed by atoms with van der Waals surface area (Å²) in [7, 11) is 0. The van der Waals surface area contributed by atoms with Gasteiger partial charge in [0.05, 0.1) is 6.54 Å². The molecule has 0 amide bonds. The molecule has 26 heavy (non-hydrogen) atoms. The van der Waals surface area contributed by atoms with Crippen LogP contribution in [0, 0.1) is 0 Å². The number of benzene rings is 2. The third kappa shape index (κ3) is 4.17. The van der Waals surface area contributed by atoms with E-state index in [0.717, 1.165) is 34.9 Å². The zero-order valence-corrected chi connectivity index (χ0v) is 15.7. The van der Waals surface area contributed by atoms with Gasteiger partial charge >= 0.3 is 0 Å². The van der Waals surface area contributed by atoms with Crippen molar-refractivity contribution in [1.29, 1.82) is 0 Å². The van der Waals surface area contributed by atoms with Crippen molar-refractivity contribution in [3.63, 3.8) is 0 Å². The molecule has 0 saturated carbocycles. The van der Waals surface area contributed by atoms with Crippen LogP contribution in [0.5, 0.6) is 0 Å². The first-order valence-corrected chi connectivity index (χ1v) is 9.72. The molecule has 0 unspecified atom stereocenters. The van der Waals surface area contributed by atoms with Gasteiger partial charge in [-0.1, -0.05) is 36.2 Å². The van der Waals surface area contributed by atoms with Gasteiger partial charge in [-0.2, -0.15) is 0 Å². The lowest BCUT2D eigenvalue weighted by Crippen LogP contribution is -2.29. The van der Waals surface area contributed by atoms with Crippen LogP contribution >= 0.6 is 11.6 Å². The van der Waals surface area contributed by atoms with Crippen LogP contribution < -0.4 is 5.32 Å². The van der Waals surface area contributed by atoms with E-state index in [2.05, 4.69) is 45.5 Å².